The van der Waals surface area contributed by atoms with Crippen LogP contribution in [0.25, 0.3) is 10.3 Å². The zero-order chi connectivity index (χ0) is 15.9. The van der Waals surface area contributed by atoms with Crippen molar-refractivity contribution in [1.82, 2.24) is 15.0 Å². The lowest BCUT2D eigenvalue weighted by Crippen LogP contribution is -2.12. The third kappa shape index (κ3) is 2.98. The van der Waals surface area contributed by atoms with Gasteiger partial charge in [0, 0.05) is 0 Å². The fourth-order valence-corrected chi connectivity index (χ4v) is 4.27. The fourth-order valence-electron chi connectivity index (χ4n) is 1.61. The molecule has 0 aliphatic rings. The zero-order valence-corrected chi connectivity index (χ0v) is 13.6. The van der Waals surface area contributed by atoms with Crippen LogP contribution in [0.15, 0.2) is 28.6 Å². The first kappa shape index (κ1) is 15.3. The minimum Gasteiger partial charge on any atom is -0.278 e. The summed E-state index contributed by atoms with van der Waals surface area (Å²) < 4.78 is 39.9. The summed E-state index contributed by atoms with van der Waals surface area (Å²) in [6.07, 6.45) is 0. The lowest BCUT2D eigenvalue weighted by Gasteiger charge is -2.04. The molecule has 0 fully saturated rings. The highest BCUT2D eigenvalue weighted by molar-refractivity contribution is 7.94. The SMILES string of the molecule is O=S(=O)(Nc1cccc(F)c1)c1nc2nc(Cl)nc(Cl)c2s1. The van der Waals surface area contributed by atoms with E-state index in [0.29, 0.717) is 4.70 Å². The summed E-state index contributed by atoms with van der Waals surface area (Å²) >= 11 is 12.3. The molecule has 11 heteroatoms. The molecule has 22 heavy (non-hydrogen) atoms. The molecule has 0 saturated carbocycles. The highest BCUT2D eigenvalue weighted by Crippen LogP contribution is 2.31. The van der Waals surface area contributed by atoms with E-state index in [1.165, 1.54) is 18.2 Å². The normalized spacial score (nSPS) is 11.8. The second kappa shape index (κ2) is 5.58. The number of nitrogens with zero attached hydrogens (tertiary/aromatic N) is 3. The molecule has 0 bridgehead atoms. The van der Waals surface area contributed by atoms with E-state index in [2.05, 4.69) is 19.7 Å². The van der Waals surface area contributed by atoms with Crippen molar-refractivity contribution in [2.45, 2.75) is 4.34 Å². The molecule has 114 valence electrons. The number of hydrogen-bond acceptors (Lipinski definition) is 6. The number of benzene rings is 1. The summed E-state index contributed by atoms with van der Waals surface area (Å²) in [5, 5.41) is -0.121. The Balaban J connectivity index is 2.04. The summed E-state index contributed by atoms with van der Waals surface area (Å²) in [5.74, 6) is -0.565. The molecule has 0 saturated heterocycles. The van der Waals surface area contributed by atoms with Crippen LogP contribution in [-0.2, 0) is 10.0 Å². The molecule has 1 aromatic carbocycles. The summed E-state index contributed by atoms with van der Waals surface area (Å²) in [6, 6.07) is 5.05. The summed E-state index contributed by atoms with van der Waals surface area (Å²) in [6.45, 7) is 0. The van der Waals surface area contributed by atoms with Crippen molar-refractivity contribution in [3.05, 3.63) is 40.5 Å². The van der Waals surface area contributed by atoms with Gasteiger partial charge in [0.05, 0.1) is 5.69 Å². The van der Waals surface area contributed by atoms with Gasteiger partial charge in [-0.25, -0.2) is 14.4 Å². The smallest absolute Gasteiger partial charge is 0.278 e. The van der Waals surface area contributed by atoms with Crippen LogP contribution in [0.1, 0.15) is 0 Å². The summed E-state index contributed by atoms with van der Waals surface area (Å²) in [5.41, 5.74) is 0.157. The molecule has 0 unspecified atom stereocenters. The lowest BCUT2D eigenvalue weighted by molar-refractivity contribution is 0.600. The largest absolute Gasteiger partial charge is 0.289 e. The topological polar surface area (TPSA) is 84.8 Å². The van der Waals surface area contributed by atoms with Gasteiger partial charge >= 0.3 is 0 Å². The molecular weight excluding hydrogens is 374 g/mol. The van der Waals surface area contributed by atoms with Crippen LogP contribution < -0.4 is 4.72 Å². The van der Waals surface area contributed by atoms with Gasteiger partial charge in [0.2, 0.25) is 9.62 Å². The molecule has 0 amide bonds. The number of halogens is 3. The number of rotatable bonds is 3. The van der Waals surface area contributed by atoms with Gasteiger partial charge in [0.1, 0.15) is 10.5 Å². The number of thiazole rings is 1. The summed E-state index contributed by atoms with van der Waals surface area (Å²) in [4.78, 5) is 11.4. The Labute approximate surface area is 138 Å². The van der Waals surface area contributed by atoms with Crippen LogP contribution in [0.4, 0.5) is 10.1 Å². The van der Waals surface area contributed by atoms with Crippen molar-refractivity contribution >= 4 is 60.6 Å². The van der Waals surface area contributed by atoms with E-state index in [4.69, 9.17) is 23.2 Å². The standard InChI is InChI=1S/C11H5Cl2FN4O2S2/c12-8-7-9(16-10(13)15-8)17-11(21-7)22(19,20)18-6-3-1-2-5(14)4-6/h1-4,18H. The molecule has 1 N–H and O–H groups in total. The average Bonchev–Trinajstić information content (AvgIpc) is 2.83. The Kier molecular flexibility index (Phi) is 3.89. The molecule has 0 aliphatic heterocycles. The Morgan fingerprint density at radius 2 is 1.95 bits per heavy atom. The molecule has 2 heterocycles. The van der Waals surface area contributed by atoms with Gasteiger partial charge in [-0.05, 0) is 29.8 Å². The van der Waals surface area contributed by atoms with E-state index in [1.807, 2.05) is 0 Å². The maximum absolute atomic E-state index is 13.1. The average molecular weight is 379 g/mol. The van der Waals surface area contributed by atoms with Crippen molar-refractivity contribution < 1.29 is 12.8 Å². The number of nitrogens with one attached hydrogen (secondary N) is 1. The van der Waals surface area contributed by atoms with Gasteiger partial charge in [0.25, 0.3) is 10.0 Å². The Morgan fingerprint density at radius 3 is 2.68 bits per heavy atom. The fraction of sp³-hybridized carbons (Fsp3) is 0. The number of hydrogen-bond donors (Lipinski definition) is 1. The first-order valence-corrected chi connectivity index (χ1v) is 8.69. The van der Waals surface area contributed by atoms with Crippen LogP contribution in [-0.4, -0.2) is 23.4 Å². The molecule has 6 nitrogen and oxygen atoms in total. The van der Waals surface area contributed by atoms with E-state index in [0.717, 1.165) is 17.4 Å². The van der Waals surface area contributed by atoms with Gasteiger partial charge in [0.15, 0.2) is 10.8 Å². The Bertz CT molecular complexity index is 977. The van der Waals surface area contributed by atoms with E-state index < -0.39 is 15.8 Å². The second-order valence-electron chi connectivity index (χ2n) is 4.03. The molecule has 0 spiro atoms. The van der Waals surface area contributed by atoms with Crippen molar-refractivity contribution in [1.29, 1.82) is 0 Å². The number of fused-ring (bicyclic) bond motifs is 1. The first-order chi connectivity index (χ1) is 10.3. The lowest BCUT2D eigenvalue weighted by atomic mass is 10.3. The maximum Gasteiger partial charge on any atom is 0.289 e. The van der Waals surface area contributed by atoms with Crippen molar-refractivity contribution in [2.24, 2.45) is 0 Å². The van der Waals surface area contributed by atoms with Crippen molar-refractivity contribution in [3.8, 4) is 0 Å². The van der Waals surface area contributed by atoms with Gasteiger partial charge in [-0.2, -0.15) is 13.4 Å². The van der Waals surface area contributed by atoms with E-state index in [9.17, 15) is 12.8 Å². The molecule has 0 radical (unpaired) electrons. The zero-order valence-electron chi connectivity index (χ0n) is 10.4. The van der Waals surface area contributed by atoms with Crippen LogP contribution in [0.5, 0.6) is 0 Å². The van der Waals surface area contributed by atoms with E-state index >= 15 is 0 Å². The van der Waals surface area contributed by atoms with Crippen molar-refractivity contribution in [3.63, 3.8) is 0 Å². The predicted octanol–water partition coefficient (Wildman–Crippen LogP) is 3.33. The van der Waals surface area contributed by atoms with E-state index in [-0.39, 0.29) is 26.1 Å². The number of anilines is 1. The molecule has 3 rings (SSSR count). The third-order valence-corrected chi connectivity index (χ3v) is 5.84. The third-order valence-electron chi connectivity index (χ3n) is 2.47. The second-order valence-corrected chi connectivity index (χ2v) is 7.58. The minimum atomic E-state index is -4.00. The molecule has 2 aromatic heterocycles. The Morgan fingerprint density at radius 1 is 1.18 bits per heavy atom. The highest BCUT2D eigenvalue weighted by Gasteiger charge is 2.22. The predicted molar refractivity (Wildman–Crippen MR) is 82.4 cm³/mol. The molecule has 0 atom stereocenters. The highest BCUT2D eigenvalue weighted by atomic mass is 35.5. The Hall–Kier alpha value is -1.55. The number of sulfonamides is 1. The monoisotopic (exact) mass is 378 g/mol. The quantitative estimate of drug-likeness (QED) is 0.557. The molecule has 3 aromatic rings. The molecule has 0 aliphatic carbocycles. The van der Waals surface area contributed by atoms with Crippen LogP contribution >= 0.6 is 34.5 Å². The van der Waals surface area contributed by atoms with Crippen LogP contribution in [0.3, 0.4) is 0 Å². The van der Waals surface area contributed by atoms with E-state index in [1.54, 1.807) is 0 Å². The van der Waals surface area contributed by atoms with Gasteiger partial charge in [-0.3, -0.25) is 4.72 Å². The maximum atomic E-state index is 13.1. The minimum absolute atomic E-state index is 0.0136. The summed E-state index contributed by atoms with van der Waals surface area (Å²) in [7, 11) is -4.00. The van der Waals surface area contributed by atoms with Gasteiger partial charge < -0.3 is 0 Å². The van der Waals surface area contributed by atoms with Gasteiger partial charge in [-0.15, -0.1) is 0 Å². The number of aromatic nitrogens is 3. The van der Waals surface area contributed by atoms with Crippen LogP contribution in [0.2, 0.25) is 10.4 Å². The first-order valence-electron chi connectivity index (χ1n) is 5.63. The van der Waals surface area contributed by atoms with Gasteiger partial charge in [-0.1, -0.05) is 29.0 Å². The molecular formula is C11H5Cl2FN4O2S2. The van der Waals surface area contributed by atoms with Crippen LogP contribution in [0, 0.1) is 5.82 Å². The van der Waals surface area contributed by atoms with Crippen molar-refractivity contribution in [2.75, 3.05) is 4.72 Å².